The molecule has 206 valence electrons. The minimum atomic E-state index is -4.65. The molecule has 2 aliphatic heterocycles. The summed E-state index contributed by atoms with van der Waals surface area (Å²) in [5.41, 5.74) is 0.0948. The van der Waals surface area contributed by atoms with E-state index in [1.54, 1.807) is 11.6 Å². The summed E-state index contributed by atoms with van der Waals surface area (Å²) in [5, 5.41) is 9.30. The predicted octanol–water partition coefficient (Wildman–Crippen LogP) is 4.02. The van der Waals surface area contributed by atoms with Gasteiger partial charge in [-0.05, 0) is 69.3 Å². The molecule has 0 bridgehead atoms. The molecule has 5 rings (SSSR count). The number of nitrogens with zero attached hydrogens (tertiary/aromatic N) is 7. The molecule has 9 nitrogen and oxygen atoms in total. The minimum absolute atomic E-state index is 0.151. The molecule has 3 aromatic rings. The van der Waals surface area contributed by atoms with Crippen LogP contribution in [0, 0.1) is 17.2 Å². The molecule has 2 fully saturated rings. The molecular formula is C27H30F3N7O2. The van der Waals surface area contributed by atoms with Gasteiger partial charge in [-0.1, -0.05) is 0 Å². The van der Waals surface area contributed by atoms with E-state index in [1.165, 1.54) is 18.5 Å². The van der Waals surface area contributed by atoms with Gasteiger partial charge in [0.15, 0.2) is 5.65 Å². The van der Waals surface area contributed by atoms with Crippen LogP contribution in [0.1, 0.15) is 43.5 Å². The van der Waals surface area contributed by atoms with Crippen LogP contribution < -0.4 is 4.74 Å². The summed E-state index contributed by atoms with van der Waals surface area (Å²) in [6, 6.07) is 5.64. The molecule has 2 aromatic heterocycles. The number of nitriles is 1. The lowest BCUT2D eigenvalue weighted by atomic mass is 9.94. The second-order valence-corrected chi connectivity index (χ2v) is 10.2. The van der Waals surface area contributed by atoms with Crippen molar-refractivity contribution in [1.82, 2.24) is 29.3 Å². The van der Waals surface area contributed by atoms with Gasteiger partial charge >= 0.3 is 6.18 Å². The number of rotatable bonds is 7. The Kier molecular flexibility index (Phi) is 7.70. The summed E-state index contributed by atoms with van der Waals surface area (Å²) in [4.78, 5) is 29.0. The highest BCUT2D eigenvalue weighted by molar-refractivity contribution is 5.88. The van der Waals surface area contributed by atoms with Crippen LogP contribution in [0.15, 0.2) is 24.5 Å². The number of aryl methyl sites for hydroxylation is 1. The van der Waals surface area contributed by atoms with Crippen LogP contribution in [0.2, 0.25) is 0 Å². The van der Waals surface area contributed by atoms with Gasteiger partial charge in [-0.2, -0.15) is 23.4 Å². The molecule has 2 saturated heterocycles. The lowest BCUT2D eigenvalue weighted by Crippen LogP contribution is -2.42. The van der Waals surface area contributed by atoms with Crippen molar-refractivity contribution in [3.63, 3.8) is 0 Å². The van der Waals surface area contributed by atoms with Crippen molar-refractivity contribution in [2.24, 2.45) is 13.0 Å². The van der Waals surface area contributed by atoms with E-state index in [-0.39, 0.29) is 35.3 Å². The Balaban J connectivity index is 1.23. The zero-order valence-electron chi connectivity index (χ0n) is 21.7. The van der Waals surface area contributed by atoms with E-state index in [9.17, 15) is 23.2 Å². The zero-order valence-corrected chi connectivity index (χ0v) is 21.7. The summed E-state index contributed by atoms with van der Waals surface area (Å²) < 4.78 is 49.3. The van der Waals surface area contributed by atoms with Crippen molar-refractivity contribution < 1.29 is 22.7 Å². The summed E-state index contributed by atoms with van der Waals surface area (Å²) in [6.07, 6.45) is 1.38. The van der Waals surface area contributed by atoms with Crippen molar-refractivity contribution in [2.75, 3.05) is 39.3 Å². The largest absolute Gasteiger partial charge is 0.493 e. The molecule has 0 N–H and O–H groups in total. The average molecular weight is 542 g/mol. The number of hydrogen-bond acceptors (Lipinski definition) is 7. The van der Waals surface area contributed by atoms with Gasteiger partial charge in [0.1, 0.15) is 23.0 Å². The molecule has 0 saturated carbocycles. The van der Waals surface area contributed by atoms with Crippen molar-refractivity contribution >= 4 is 17.1 Å². The summed E-state index contributed by atoms with van der Waals surface area (Å²) in [5.74, 6) is 0.125. The predicted molar refractivity (Wildman–Crippen MR) is 137 cm³/mol. The monoisotopic (exact) mass is 541 g/mol. The minimum Gasteiger partial charge on any atom is -0.493 e. The molecule has 1 aromatic carbocycles. The van der Waals surface area contributed by atoms with E-state index in [0.717, 1.165) is 57.9 Å². The van der Waals surface area contributed by atoms with Crippen molar-refractivity contribution in [2.45, 2.75) is 38.3 Å². The van der Waals surface area contributed by atoms with Crippen molar-refractivity contribution in [3.05, 3.63) is 35.9 Å². The Bertz CT molecular complexity index is 1380. The topological polar surface area (TPSA) is 100 Å². The van der Waals surface area contributed by atoms with Crippen LogP contribution in [0.5, 0.6) is 5.75 Å². The maximum Gasteiger partial charge on any atom is 0.419 e. The maximum atomic E-state index is 14.0. The van der Waals surface area contributed by atoms with E-state index < -0.39 is 11.7 Å². The van der Waals surface area contributed by atoms with E-state index in [0.29, 0.717) is 30.0 Å². The number of carbonyl (C=O) groups is 1. The van der Waals surface area contributed by atoms with Crippen molar-refractivity contribution in [3.8, 4) is 23.1 Å². The van der Waals surface area contributed by atoms with Crippen LogP contribution >= 0.6 is 0 Å². The van der Waals surface area contributed by atoms with Gasteiger partial charge in [0.2, 0.25) is 11.7 Å². The molecule has 12 heteroatoms. The van der Waals surface area contributed by atoms with Crippen LogP contribution in [-0.4, -0.2) is 74.6 Å². The van der Waals surface area contributed by atoms with Crippen LogP contribution in [-0.2, 0) is 18.0 Å². The summed E-state index contributed by atoms with van der Waals surface area (Å²) in [6.45, 7) is 3.91. The highest BCUT2D eigenvalue weighted by Crippen LogP contribution is 2.39. The van der Waals surface area contributed by atoms with Gasteiger partial charge in [0.25, 0.3) is 0 Å². The number of piperidine rings is 1. The first-order valence-corrected chi connectivity index (χ1v) is 13.2. The van der Waals surface area contributed by atoms with E-state index in [4.69, 9.17) is 4.74 Å². The lowest BCUT2D eigenvalue weighted by Gasteiger charge is -2.32. The fraction of sp³-hybridized carbons (Fsp3) is 0.519. The van der Waals surface area contributed by atoms with Gasteiger partial charge in [-0.3, -0.25) is 9.69 Å². The lowest BCUT2D eigenvalue weighted by molar-refractivity contribution is -0.139. The second kappa shape index (κ2) is 11.2. The van der Waals surface area contributed by atoms with Gasteiger partial charge in [0, 0.05) is 25.7 Å². The SMILES string of the molecule is Cn1cnc2c(-c3ccc(OCCC4CCN(CC(=O)N5CCCC5)CC4)c(C(F)(F)F)c3)nc(C#N)nc21. The highest BCUT2D eigenvalue weighted by atomic mass is 19.4. The first kappa shape index (κ1) is 26.9. The molecule has 0 aliphatic carbocycles. The quantitative estimate of drug-likeness (QED) is 0.445. The third kappa shape index (κ3) is 5.98. The van der Waals surface area contributed by atoms with Crippen LogP contribution in [0.4, 0.5) is 13.2 Å². The van der Waals surface area contributed by atoms with Crippen molar-refractivity contribution in [1.29, 1.82) is 5.26 Å². The van der Waals surface area contributed by atoms with Gasteiger partial charge in [-0.25, -0.2) is 9.97 Å². The van der Waals surface area contributed by atoms with E-state index in [1.807, 2.05) is 11.0 Å². The first-order chi connectivity index (χ1) is 18.7. The van der Waals surface area contributed by atoms with Crippen LogP contribution in [0.3, 0.4) is 0 Å². The molecule has 0 radical (unpaired) electrons. The molecule has 0 spiro atoms. The molecule has 4 heterocycles. The number of benzene rings is 1. The number of amides is 1. The number of alkyl halides is 3. The maximum absolute atomic E-state index is 14.0. The Morgan fingerprint density at radius 2 is 1.90 bits per heavy atom. The Hall–Kier alpha value is -3.72. The number of halogens is 3. The Morgan fingerprint density at radius 3 is 2.59 bits per heavy atom. The van der Waals surface area contributed by atoms with E-state index in [2.05, 4.69) is 19.9 Å². The third-order valence-electron chi connectivity index (χ3n) is 7.53. The number of ether oxygens (including phenoxy) is 1. The number of imidazole rings is 1. The molecular weight excluding hydrogens is 511 g/mol. The number of carbonyl (C=O) groups excluding carboxylic acids is 1. The van der Waals surface area contributed by atoms with Crippen LogP contribution in [0.25, 0.3) is 22.4 Å². The van der Waals surface area contributed by atoms with Gasteiger partial charge in [-0.15, -0.1) is 0 Å². The third-order valence-corrected chi connectivity index (χ3v) is 7.53. The molecule has 2 aliphatic rings. The molecule has 1 amide bonds. The molecule has 0 unspecified atom stereocenters. The zero-order chi connectivity index (χ0) is 27.6. The van der Waals surface area contributed by atoms with E-state index >= 15 is 0 Å². The number of likely N-dealkylation sites (tertiary alicyclic amines) is 2. The Morgan fingerprint density at radius 1 is 1.15 bits per heavy atom. The fourth-order valence-electron chi connectivity index (χ4n) is 5.31. The average Bonchev–Trinajstić information content (AvgIpc) is 3.59. The first-order valence-electron chi connectivity index (χ1n) is 13.2. The molecule has 0 atom stereocenters. The highest BCUT2D eigenvalue weighted by Gasteiger charge is 2.35. The Labute approximate surface area is 224 Å². The molecule has 39 heavy (non-hydrogen) atoms. The standard InChI is InChI=1S/C27H30F3N7O2/c1-35-17-32-25-24(33-22(15-31)34-26(25)35)19-4-5-21(20(14-19)27(28,29)30)39-13-8-18-6-11-36(12-7-18)16-23(38)37-9-2-3-10-37/h4-5,14,17-18H,2-3,6-13,16H2,1H3. The summed E-state index contributed by atoms with van der Waals surface area (Å²) in [7, 11) is 1.68. The fourth-order valence-corrected chi connectivity index (χ4v) is 5.31. The second-order valence-electron chi connectivity index (χ2n) is 10.2. The number of fused-ring (bicyclic) bond motifs is 1. The van der Waals surface area contributed by atoms with Gasteiger partial charge < -0.3 is 14.2 Å². The smallest absolute Gasteiger partial charge is 0.419 e. The summed E-state index contributed by atoms with van der Waals surface area (Å²) >= 11 is 0. The number of aromatic nitrogens is 4. The van der Waals surface area contributed by atoms with Gasteiger partial charge in [0.05, 0.1) is 25.0 Å². The normalized spacial score (nSPS) is 17.1. The number of hydrogen-bond donors (Lipinski definition) is 0.